The lowest BCUT2D eigenvalue weighted by atomic mass is 10.1. The summed E-state index contributed by atoms with van der Waals surface area (Å²) in [7, 11) is 0. The Balaban J connectivity index is 3.85. The Hall–Kier alpha value is -1.46. The van der Waals surface area contributed by atoms with Crippen molar-refractivity contribution in [2.75, 3.05) is 0 Å². The molecule has 62 valence electrons. The number of aliphatic carboxylic acids is 2. The monoisotopic (exact) mass is 161 g/mol. The molecule has 0 heterocycles. The lowest BCUT2D eigenvalue weighted by molar-refractivity contribution is -0.139. The van der Waals surface area contributed by atoms with Gasteiger partial charge in [-0.25, -0.2) is 0 Å². The first-order valence-electron chi connectivity index (χ1n) is 2.82. The molecule has 0 aliphatic carbocycles. The average molecular weight is 161 g/mol. The molecule has 0 aromatic heterocycles. The molecule has 0 rings (SSSR count). The summed E-state index contributed by atoms with van der Waals surface area (Å²) in [5, 5.41) is 18.6. The maximum atomic E-state index is 9.96. The topological polar surface area (TPSA) is 104 Å². The van der Waals surface area contributed by atoms with Crippen LogP contribution in [0.25, 0.3) is 0 Å². The smallest absolute Gasteiger partial charge is 0.305 e. The molecule has 0 amide bonds. The van der Waals surface area contributed by atoms with Gasteiger partial charge in [0.2, 0.25) is 0 Å². The van der Waals surface area contributed by atoms with Crippen LogP contribution in [0.5, 0.6) is 0 Å². The third-order valence-electron chi connectivity index (χ3n) is 0.970. The van der Waals surface area contributed by atoms with Crippen LogP contribution in [0.3, 0.4) is 0 Å². The van der Waals surface area contributed by atoms with E-state index in [0.717, 1.165) is 0 Å². The summed E-state index contributed by atoms with van der Waals surface area (Å²) < 4.78 is 0. The van der Waals surface area contributed by atoms with E-state index in [4.69, 9.17) is 10.2 Å². The van der Waals surface area contributed by atoms with E-state index in [2.05, 4.69) is 5.18 Å². The highest BCUT2D eigenvalue weighted by Crippen LogP contribution is 2.02. The van der Waals surface area contributed by atoms with Gasteiger partial charge in [-0.1, -0.05) is 5.18 Å². The number of nitrogens with zero attached hydrogens (tertiary/aromatic N) is 1. The average Bonchev–Trinajstić information content (AvgIpc) is 1.84. The van der Waals surface area contributed by atoms with Crippen LogP contribution in [0, 0.1) is 4.91 Å². The second-order valence-corrected chi connectivity index (χ2v) is 1.95. The van der Waals surface area contributed by atoms with E-state index in [1.165, 1.54) is 0 Å². The first kappa shape index (κ1) is 9.54. The zero-order valence-electron chi connectivity index (χ0n) is 5.56. The summed E-state index contributed by atoms with van der Waals surface area (Å²) in [5.41, 5.74) is 0. The number of hydrogen-bond acceptors (Lipinski definition) is 4. The lowest BCUT2D eigenvalue weighted by Gasteiger charge is -1.99. The van der Waals surface area contributed by atoms with E-state index in [-0.39, 0.29) is 0 Å². The van der Waals surface area contributed by atoms with Crippen LogP contribution in [0.15, 0.2) is 5.18 Å². The molecule has 6 nitrogen and oxygen atoms in total. The van der Waals surface area contributed by atoms with Crippen molar-refractivity contribution in [3.8, 4) is 0 Å². The maximum absolute atomic E-state index is 9.96. The van der Waals surface area contributed by atoms with E-state index in [9.17, 15) is 14.5 Å². The largest absolute Gasteiger partial charge is 0.481 e. The molecule has 0 aliphatic heterocycles. The molecule has 11 heavy (non-hydrogen) atoms. The first-order valence-corrected chi connectivity index (χ1v) is 2.82. The minimum Gasteiger partial charge on any atom is -0.481 e. The molecule has 0 aromatic rings. The molecule has 0 radical (unpaired) electrons. The predicted molar refractivity (Wildman–Crippen MR) is 34.1 cm³/mol. The molecule has 0 spiro atoms. The summed E-state index contributed by atoms with van der Waals surface area (Å²) in [6, 6.07) is -1.16. The molecule has 0 saturated heterocycles. The van der Waals surface area contributed by atoms with E-state index in [1.54, 1.807) is 0 Å². The van der Waals surface area contributed by atoms with Gasteiger partial charge in [0.05, 0.1) is 12.8 Å². The third kappa shape index (κ3) is 5.01. The van der Waals surface area contributed by atoms with Crippen molar-refractivity contribution in [2.45, 2.75) is 18.9 Å². The van der Waals surface area contributed by atoms with E-state index in [0.29, 0.717) is 0 Å². The standard InChI is InChI=1S/C5H7NO5/c7-4(8)1-3(6-11)2-5(9)10/h3H,1-2H2,(H,7,8)(H,9,10). The normalized spacial score (nSPS) is 9.55. The first-order chi connectivity index (χ1) is 5.06. The van der Waals surface area contributed by atoms with Crippen molar-refractivity contribution in [1.29, 1.82) is 0 Å². The summed E-state index contributed by atoms with van der Waals surface area (Å²) in [4.78, 5) is 29.7. The van der Waals surface area contributed by atoms with Crippen LogP contribution in [0.4, 0.5) is 0 Å². The Morgan fingerprint density at radius 1 is 1.18 bits per heavy atom. The SMILES string of the molecule is O=NC(CC(=O)O)CC(=O)O. The zero-order chi connectivity index (χ0) is 8.85. The summed E-state index contributed by atoms with van der Waals surface area (Å²) in [6.07, 6.45) is -1.06. The molecule has 0 bridgehead atoms. The second kappa shape index (κ2) is 4.37. The van der Waals surface area contributed by atoms with Crippen molar-refractivity contribution < 1.29 is 19.8 Å². The van der Waals surface area contributed by atoms with Gasteiger partial charge in [0, 0.05) is 0 Å². The van der Waals surface area contributed by atoms with Gasteiger partial charge < -0.3 is 10.2 Å². The number of carboxylic acids is 2. The van der Waals surface area contributed by atoms with Crippen LogP contribution in [0.2, 0.25) is 0 Å². The van der Waals surface area contributed by atoms with Crippen molar-refractivity contribution in [2.24, 2.45) is 5.18 Å². The highest BCUT2D eigenvalue weighted by atomic mass is 16.4. The summed E-state index contributed by atoms with van der Waals surface area (Å²) in [6.45, 7) is 0. The molecule has 0 aliphatic rings. The fraction of sp³-hybridized carbons (Fsp3) is 0.600. The van der Waals surface area contributed by atoms with Crippen LogP contribution >= 0.6 is 0 Å². The molecule has 2 N–H and O–H groups in total. The van der Waals surface area contributed by atoms with Crippen LogP contribution in [0.1, 0.15) is 12.8 Å². The molecule has 0 atom stereocenters. The minimum absolute atomic E-state index is 0.532. The molecule has 6 heteroatoms. The highest BCUT2D eigenvalue weighted by Gasteiger charge is 2.16. The number of carbonyl (C=O) groups is 2. The quantitative estimate of drug-likeness (QED) is 0.555. The zero-order valence-corrected chi connectivity index (χ0v) is 5.56. The van der Waals surface area contributed by atoms with Crippen molar-refractivity contribution in [3.63, 3.8) is 0 Å². The summed E-state index contributed by atoms with van der Waals surface area (Å²) in [5.74, 6) is -2.45. The number of hydrogen-bond donors (Lipinski definition) is 2. The van der Waals surface area contributed by atoms with Crippen LogP contribution in [-0.4, -0.2) is 28.2 Å². The van der Waals surface area contributed by atoms with E-state index < -0.39 is 30.8 Å². The van der Waals surface area contributed by atoms with Gasteiger partial charge in [0.1, 0.15) is 6.04 Å². The van der Waals surface area contributed by atoms with Gasteiger partial charge in [0.25, 0.3) is 0 Å². The fourth-order valence-corrected chi connectivity index (χ4v) is 0.550. The third-order valence-corrected chi connectivity index (χ3v) is 0.970. The molecule has 0 saturated carbocycles. The number of rotatable bonds is 5. The lowest BCUT2D eigenvalue weighted by Crippen LogP contribution is -2.15. The Kier molecular flexibility index (Phi) is 3.79. The Bertz CT molecular complexity index is 162. The Morgan fingerprint density at radius 3 is 1.73 bits per heavy atom. The van der Waals surface area contributed by atoms with Gasteiger partial charge in [0.15, 0.2) is 0 Å². The molecular formula is C5H7NO5. The number of carboxylic acid groups (broad SMARTS) is 2. The molecule has 0 fully saturated rings. The van der Waals surface area contributed by atoms with Gasteiger partial charge in [-0.2, -0.15) is 4.91 Å². The van der Waals surface area contributed by atoms with Gasteiger partial charge in [-0.15, -0.1) is 0 Å². The minimum atomic E-state index is -1.23. The summed E-state index contributed by atoms with van der Waals surface area (Å²) >= 11 is 0. The number of nitroso groups, excluding NO2 is 1. The molecular weight excluding hydrogens is 154 g/mol. The van der Waals surface area contributed by atoms with Crippen LogP contribution in [-0.2, 0) is 9.59 Å². The second-order valence-electron chi connectivity index (χ2n) is 1.95. The van der Waals surface area contributed by atoms with Crippen LogP contribution < -0.4 is 0 Å². The van der Waals surface area contributed by atoms with E-state index in [1.807, 2.05) is 0 Å². The fourth-order valence-electron chi connectivity index (χ4n) is 0.550. The van der Waals surface area contributed by atoms with Gasteiger partial charge >= 0.3 is 11.9 Å². The van der Waals surface area contributed by atoms with Gasteiger partial charge in [-0.05, 0) is 0 Å². The Morgan fingerprint density at radius 2 is 1.55 bits per heavy atom. The van der Waals surface area contributed by atoms with E-state index >= 15 is 0 Å². The highest BCUT2D eigenvalue weighted by molar-refractivity contribution is 5.71. The maximum Gasteiger partial charge on any atom is 0.305 e. The molecule has 0 unspecified atom stereocenters. The Labute approximate surface area is 61.8 Å². The van der Waals surface area contributed by atoms with Crippen molar-refractivity contribution >= 4 is 11.9 Å². The van der Waals surface area contributed by atoms with Gasteiger partial charge in [-0.3, -0.25) is 9.59 Å². The predicted octanol–water partition coefficient (Wildman–Crippen LogP) is 0.0708. The molecule has 0 aromatic carbocycles. The van der Waals surface area contributed by atoms with Crippen molar-refractivity contribution in [1.82, 2.24) is 0 Å². The van der Waals surface area contributed by atoms with Crippen molar-refractivity contribution in [3.05, 3.63) is 4.91 Å².